The highest BCUT2D eigenvalue weighted by atomic mass is 32.1. The maximum atomic E-state index is 12.1. The lowest BCUT2D eigenvalue weighted by molar-refractivity contribution is -0.144. The summed E-state index contributed by atoms with van der Waals surface area (Å²) in [6.07, 6.45) is 4.42. The minimum atomic E-state index is -0.986. The molecule has 0 aromatic carbocycles. The number of amides is 1. The molecule has 0 fully saturated rings. The molecule has 0 saturated carbocycles. The number of fused-ring (bicyclic) bond motifs is 1. The highest BCUT2D eigenvalue weighted by Crippen LogP contribution is 2.15. The van der Waals surface area contributed by atoms with E-state index < -0.39 is 5.97 Å². The van der Waals surface area contributed by atoms with Crippen LogP contribution in [-0.2, 0) is 16.0 Å². The molecule has 2 aromatic heterocycles. The first-order valence-electron chi connectivity index (χ1n) is 6.00. The Morgan fingerprint density at radius 1 is 1.53 bits per heavy atom. The van der Waals surface area contributed by atoms with Crippen molar-refractivity contribution in [2.24, 2.45) is 0 Å². The van der Waals surface area contributed by atoms with E-state index in [-0.39, 0.29) is 18.9 Å². The Morgan fingerprint density at radius 2 is 2.32 bits per heavy atom. The Morgan fingerprint density at radius 3 is 3.00 bits per heavy atom. The van der Waals surface area contributed by atoms with Crippen molar-refractivity contribution in [1.29, 1.82) is 0 Å². The van der Waals surface area contributed by atoms with Crippen molar-refractivity contribution in [3.63, 3.8) is 0 Å². The minimum Gasteiger partial charge on any atom is -0.480 e. The number of aliphatic carboxylic acids is 1. The maximum Gasteiger partial charge on any atom is 0.323 e. The van der Waals surface area contributed by atoms with E-state index >= 15 is 0 Å². The second-order valence-electron chi connectivity index (χ2n) is 4.19. The van der Waals surface area contributed by atoms with E-state index in [4.69, 9.17) is 5.11 Å². The van der Waals surface area contributed by atoms with Crippen molar-refractivity contribution in [2.45, 2.75) is 19.8 Å². The molecule has 2 rings (SSSR count). The Labute approximate surface area is 114 Å². The molecule has 102 valence electrons. The SMILES string of the molecule is CCCN(CC(=O)O)C(=O)Cc1csc2nccn12. The summed E-state index contributed by atoms with van der Waals surface area (Å²) in [5.74, 6) is -1.16. The number of rotatable bonds is 6. The average Bonchev–Trinajstić information content (AvgIpc) is 2.93. The number of carbonyl (C=O) groups is 2. The van der Waals surface area contributed by atoms with Gasteiger partial charge in [-0.15, -0.1) is 11.3 Å². The van der Waals surface area contributed by atoms with E-state index in [0.717, 1.165) is 17.1 Å². The van der Waals surface area contributed by atoms with Crippen LogP contribution in [0.3, 0.4) is 0 Å². The van der Waals surface area contributed by atoms with Crippen molar-refractivity contribution in [3.05, 3.63) is 23.5 Å². The van der Waals surface area contributed by atoms with E-state index in [1.54, 1.807) is 12.4 Å². The first kappa shape index (κ1) is 13.5. The van der Waals surface area contributed by atoms with Crippen molar-refractivity contribution in [1.82, 2.24) is 14.3 Å². The molecule has 0 spiro atoms. The quantitative estimate of drug-likeness (QED) is 0.865. The molecule has 19 heavy (non-hydrogen) atoms. The summed E-state index contributed by atoms with van der Waals surface area (Å²) in [6.45, 7) is 2.13. The summed E-state index contributed by atoms with van der Waals surface area (Å²) in [5.41, 5.74) is 0.842. The second kappa shape index (κ2) is 5.83. The van der Waals surface area contributed by atoms with Crippen LogP contribution in [0.25, 0.3) is 4.96 Å². The highest BCUT2D eigenvalue weighted by Gasteiger charge is 2.18. The van der Waals surface area contributed by atoms with Gasteiger partial charge in [0.25, 0.3) is 0 Å². The Hall–Kier alpha value is -1.89. The molecule has 0 unspecified atom stereocenters. The van der Waals surface area contributed by atoms with Gasteiger partial charge in [-0.05, 0) is 6.42 Å². The van der Waals surface area contributed by atoms with Gasteiger partial charge in [0.15, 0.2) is 4.96 Å². The number of hydrogen-bond donors (Lipinski definition) is 1. The smallest absolute Gasteiger partial charge is 0.323 e. The number of carboxylic acid groups (broad SMARTS) is 1. The standard InChI is InChI=1S/C12H15N3O3S/c1-2-4-14(7-11(17)18)10(16)6-9-8-19-12-13-3-5-15(9)12/h3,5,8H,2,4,6-7H2,1H3,(H,17,18). The van der Waals surface area contributed by atoms with Crippen LogP contribution in [-0.4, -0.2) is 44.4 Å². The largest absolute Gasteiger partial charge is 0.480 e. The molecule has 0 bridgehead atoms. The summed E-state index contributed by atoms with van der Waals surface area (Å²) in [7, 11) is 0. The zero-order valence-corrected chi connectivity index (χ0v) is 11.4. The third kappa shape index (κ3) is 3.11. The zero-order valence-electron chi connectivity index (χ0n) is 10.6. The normalized spacial score (nSPS) is 10.8. The predicted molar refractivity (Wildman–Crippen MR) is 71.3 cm³/mol. The van der Waals surface area contributed by atoms with Gasteiger partial charge < -0.3 is 10.0 Å². The first-order valence-corrected chi connectivity index (χ1v) is 6.88. The number of aromatic nitrogens is 2. The average molecular weight is 281 g/mol. The van der Waals surface area contributed by atoms with Gasteiger partial charge in [0, 0.05) is 30.0 Å². The topological polar surface area (TPSA) is 74.9 Å². The van der Waals surface area contributed by atoms with Crippen LogP contribution in [0.1, 0.15) is 19.0 Å². The number of carbonyl (C=O) groups excluding carboxylic acids is 1. The van der Waals surface area contributed by atoms with Crippen molar-refractivity contribution in [3.8, 4) is 0 Å². The number of hydrogen-bond acceptors (Lipinski definition) is 4. The van der Waals surface area contributed by atoms with Crippen LogP contribution in [0.4, 0.5) is 0 Å². The van der Waals surface area contributed by atoms with Gasteiger partial charge in [-0.1, -0.05) is 6.92 Å². The molecule has 0 aliphatic rings. The predicted octanol–water partition coefficient (Wildman–Crippen LogP) is 1.26. The van der Waals surface area contributed by atoms with E-state index in [1.165, 1.54) is 16.2 Å². The fourth-order valence-corrected chi connectivity index (χ4v) is 2.74. The Bertz CT molecular complexity index is 590. The van der Waals surface area contributed by atoms with Crippen LogP contribution in [0, 0.1) is 0 Å². The van der Waals surface area contributed by atoms with Gasteiger partial charge in [0.05, 0.1) is 6.42 Å². The van der Waals surface area contributed by atoms with E-state index in [1.807, 2.05) is 16.7 Å². The molecule has 2 aromatic rings. The third-order valence-electron chi connectivity index (χ3n) is 2.72. The van der Waals surface area contributed by atoms with Gasteiger partial charge in [-0.25, -0.2) is 4.98 Å². The first-order chi connectivity index (χ1) is 9.11. The summed E-state index contributed by atoms with van der Waals surface area (Å²) in [5, 5.41) is 10.7. The number of carboxylic acids is 1. The van der Waals surface area contributed by atoms with Crippen LogP contribution < -0.4 is 0 Å². The summed E-state index contributed by atoms with van der Waals surface area (Å²) in [4.78, 5) is 29.2. The highest BCUT2D eigenvalue weighted by molar-refractivity contribution is 7.15. The molecule has 6 nitrogen and oxygen atoms in total. The molecule has 0 aliphatic heterocycles. The minimum absolute atomic E-state index is 0.169. The van der Waals surface area contributed by atoms with Gasteiger partial charge in [-0.3, -0.25) is 14.0 Å². The lowest BCUT2D eigenvalue weighted by atomic mass is 10.2. The molecule has 0 saturated heterocycles. The number of imidazole rings is 1. The van der Waals surface area contributed by atoms with Crippen LogP contribution in [0.15, 0.2) is 17.8 Å². The zero-order chi connectivity index (χ0) is 13.8. The van der Waals surface area contributed by atoms with Crippen LogP contribution in [0.5, 0.6) is 0 Å². The summed E-state index contributed by atoms with van der Waals surface area (Å²) < 4.78 is 1.85. The summed E-state index contributed by atoms with van der Waals surface area (Å²) in [6, 6.07) is 0. The number of nitrogens with zero attached hydrogens (tertiary/aromatic N) is 3. The monoisotopic (exact) mass is 281 g/mol. The molecule has 1 N–H and O–H groups in total. The van der Waals surface area contributed by atoms with Crippen molar-refractivity contribution < 1.29 is 14.7 Å². The number of thiazole rings is 1. The van der Waals surface area contributed by atoms with Gasteiger partial charge in [0.2, 0.25) is 5.91 Å². The Balaban J connectivity index is 2.10. The maximum absolute atomic E-state index is 12.1. The lowest BCUT2D eigenvalue weighted by Gasteiger charge is -2.19. The van der Waals surface area contributed by atoms with Crippen molar-refractivity contribution >= 4 is 28.2 Å². The molecule has 0 aliphatic carbocycles. The molecule has 7 heteroatoms. The van der Waals surface area contributed by atoms with Gasteiger partial charge in [0.1, 0.15) is 6.54 Å². The van der Waals surface area contributed by atoms with Crippen LogP contribution >= 0.6 is 11.3 Å². The molecule has 0 atom stereocenters. The van der Waals surface area contributed by atoms with Crippen LogP contribution in [0.2, 0.25) is 0 Å². The van der Waals surface area contributed by atoms with Crippen molar-refractivity contribution in [2.75, 3.05) is 13.1 Å². The van der Waals surface area contributed by atoms with E-state index in [2.05, 4.69) is 4.98 Å². The molecule has 0 radical (unpaired) electrons. The van der Waals surface area contributed by atoms with Gasteiger partial charge in [-0.2, -0.15) is 0 Å². The third-order valence-corrected chi connectivity index (χ3v) is 3.62. The van der Waals surface area contributed by atoms with E-state index in [0.29, 0.717) is 6.54 Å². The fraction of sp³-hybridized carbons (Fsp3) is 0.417. The van der Waals surface area contributed by atoms with E-state index in [9.17, 15) is 9.59 Å². The second-order valence-corrected chi connectivity index (χ2v) is 5.03. The molecule has 2 heterocycles. The lowest BCUT2D eigenvalue weighted by Crippen LogP contribution is -2.37. The molecular weight excluding hydrogens is 266 g/mol. The fourth-order valence-electron chi connectivity index (χ4n) is 1.89. The molecule has 1 amide bonds. The molecular formula is C12H15N3O3S. The summed E-state index contributed by atoms with van der Waals surface area (Å²) >= 11 is 1.47. The Kier molecular flexibility index (Phi) is 4.16. The van der Waals surface area contributed by atoms with Gasteiger partial charge >= 0.3 is 5.97 Å².